The predicted molar refractivity (Wildman–Crippen MR) is 58.4 cm³/mol. The normalized spacial score (nSPS) is 16.4. The van der Waals surface area contributed by atoms with E-state index in [-0.39, 0.29) is 38.8 Å². The molecule has 0 aromatic carbocycles. The quantitative estimate of drug-likeness (QED) is 0.768. The zero-order valence-corrected chi connectivity index (χ0v) is 13.0. The molecular formula is C11H23NOY. The molecule has 0 fully saturated rings. The fourth-order valence-electron chi connectivity index (χ4n) is 1.53. The van der Waals surface area contributed by atoms with Crippen LogP contribution in [0, 0.1) is 0 Å². The van der Waals surface area contributed by atoms with E-state index < -0.39 is 5.60 Å². The van der Waals surface area contributed by atoms with Crippen molar-refractivity contribution in [2.45, 2.75) is 65.5 Å². The minimum atomic E-state index is -0.668. The van der Waals surface area contributed by atoms with E-state index in [1.807, 2.05) is 27.7 Å². The summed E-state index contributed by atoms with van der Waals surface area (Å²) in [5, 5.41) is 10.2. The van der Waals surface area contributed by atoms with Crippen LogP contribution in [0.15, 0.2) is 4.99 Å². The molecule has 1 atom stereocenters. The summed E-state index contributed by atoms with van der Waals surface area (Å²) in [7, 11) is 0. The molecule has 0 aromatic rings. The van der Waals surface area contributed by atoms with Gasteiger partial charge in [-0.05, 0) is 33.6 Å². The van der Waals surface area contributed by atoms with Crippen LogP contribution in [0.1, 0.15) is 53.9 Å². The van der Waals surface area contributed by atoms with Gasteiger partial charge < -0.3 is 5.11 Å². The molecule has 1 N–H and O–H groups in total. The van der Waals surface area contributed by atoms with E-state index >= 15 is 0 Å². The smallest absolute Gasteiger partial charge is 0.102 e. The van der Waals surface area contributed by atoms with Crippen LogP contribution in [0.25, 0.3) is 0 Å². The van der Waals surface area contributed by atoms with Gasteiger partial charge in [-0.25, -0.2) is 0 Å². The van der Waals surface area contributed by atoms with Crippen LogP contribution >= 0.6 is 0 Å². The summed E-state index contributed by atoms with van der Waals surface area (Å²) >= 11 is 0. The number of rotatable bonds is 5. The molecule has 0 spiro atoms. The first kappa shape index (κ1) is 17.1. The molecule has 0 heterocycles. The summed E-state index contributed by atoms with van der Waals surface area (Å²) in [4.78, 5) is 4.41. The van der Waals surface area contributed by atoms with Crippen molar-refractivity contribution in [2.75, 3.05) is 0 Å². The summed E-state index contributed by atoms with van der Waals surface area (Å²) in [6.45, 7) is 10.1. The van der Waals surface area contributed by atoms with E-state index in [1.165, 1.54) is 0 Å². The predicted octanol–water partition coefficient (Wildman–Crippen LogP) is 2.79. The average molecular weight is 274 g/mol. The Kier molecular flexibility index (Phi) is 9.74. The Labute approximate surface area is 113 Å². The van der Waals surface area contributed by atoms with Gasteiger partial charge in [0.2, 0.25) is 0 Å². The summed E-state index contributed by atoms with van der Waals surface area (Å²) in [5.74, 6) is 0. The van der Waals surface area contributed by atoms with E-state index in [9.17, 15) is 5.11 Å². The Morgan fingerprint density at radius 1 is 1.36 bits per heavy atom. The third kappa shape index (κ3) is 5.57. The van der Waals surface area contributed by atoms with Gasteiger partial charge in [-0.3, -0.25) is 4.99 Å². The fraction of sp³-hybridized carbons (Fsp3) is 0.909. The zero-order chi connectivity index (χ0) is 10.5. The molecule has 81 valence electrons. The summed E-state index contributed by atoms with van der Waals surface area (Å²) < 4.78 is 0. The van der Waals surface area contributed by atoms with Gasteiger partial charge in [0, 0.05) is 44.5 Å². The fourth-order valence-corrected chi connectivity index (χ4v) is 1.53. The van der Waals surface area contributed by atoms with Crippen LogP contribution in [-0.2, 0) is 32.7 Å². The van der Waals surface area contributed by atoms with Crippen molar-refractivity contribution < 1.29 is 37.8 Å². The van der Waals surface area contributed by atoms with Crippen LogP contribution in [0.3, 0.4) is 0 Å². The Morgan fingerprint density at radius 2 is 1.86 bits per heavy atom. The van der Waals surface area contributed by atoms with Crippen LogP contribution in [-0.4, -0.2) is 22.5 Å². The molecule has 0 bridgehead atoms. The van der Waals surface area contributed by atoms with E-state index in [2.05, 4.69) is 11.9 Å². The van der Waals surface area contributed by atoms with Gasteiger partial charge >= 0.3 is 0 Å². The average Bonchev–Trinajstić information content (AvgIpc) is 2.03. The molecule has 0 aromatic heterocycles. The Bertz CT molecular complexity index is 180. The molecule has 14 heavy (non-hydrogen) atoms. The molecule has 3 heteroatoms. The van der Waals surface area contributed by atoms with Gasteiger partial charge in [0.05, 0.1) is 0 Å². The van der Waals surface area contributed by atoms with E-state index in [0.717, 1.165) is 25.0 Å². The number of nitrogens with zero attached hydrogens (tertiary/aromatic N) is 1. The minimum Gasteiger partial charge on any atom is -0.384 e. The molecular weight excluding hydrogens is 251 g/mol. The molecule has 0 aliphatic carbocycles. The third-order valence-corrected chi connectivity index (χ3v) is 2.37. The van der Waals surface area contributed by atoms with Crippen LogP contribution < -0.4 is 0 Å². The molecule has 0 aliphatic heterocycles. The second-order valence-corrected chi connectivity index (χ2v) is 3.94. The van der Waals surface area contributed by atoms with Gasteiger partial charge in [0.1, 0.15) is 5.60 Å². The summed E-state index contributed by atoms with van der Waals surface area (Å²) in [6, 6.07) is 0.273. The van der Waals surface area contributed by atoms with E-state index in [1.54, 1.807) is 0 Å². The van der Waals surface area contributed by atoms with E-state index in [0.29, 0.717) is 0 Å². The van der Waals surface area contributed by atoms with Crippen molar-refractivity contribution in [2.24, 2.45) is 4.99 Å². The van der Waals surface area contributed by atoms with E-state index in [4.69, 9.17) is 0 Å². The molecule has 0 saturated carbocycles. The molecule has 0 amide bonds. The summed E-state index contributed by atoms with van der Waals surface area (Å²) in [6.07, 6.45) is 2.56. The first-order valence-corrected chi connectivity index (χ1v) is 5.23. The first-order valence-electron chi connectivity index (χ1n) is 5.23. The molecule has 0 aliphatic rings. The molecule has 2 nitrogen and oxygen atoms in total. The third-order valence-electron chi connectivity index (χ3n) is 2.37. The van der Waals surface area contributed by atoms with Crippen LogP contribution in [0.2, 0.25) is 0 Å². The van der Waals surface area contributed by atoms with Crippen molar-refractivity contribution in [1.82, 2.24) is 0 Å². The molecule has 0 saturated heterocycles. The monoisotopic (exact) mass is 274 g/mol. The second kappa shape index (κ2) is 7.95. The number of hydrogen-bond acceptors (Lipinski definition) is 2. The SMILES string of the molecule is CCCC(O)(CC)C(C)=NC(C)C.[Y]. The Morgan fingerprint density at radius 3 is 2.14 bits per heavy atom. The molecule has 0 rings (SSSR count). The van der Waals surface area contributed by atoms with Gasteiger partial charge in [0.25, 0.3) is 0 Å². The number of aliphatic imine (C=N–C) groups is 1. The van der Waals surface area contributed by atoms with Crippen molar-refractivity contribution in [1.29, 1.82) is 0 Å². The Hall–Kier alpha value is 0.734. The molecule has 1 radical (unpaired) electrons. The molecule has 1 unspecified atom stereocenters. The minimum absolute atomic E-state index is 0. The number of hydrogen-bond donors (Lipinski definition) is 1. The Balaban J connectivity index is 0. The van der Waals surface area contributed by atoms with Crippen molar-refractivity contribution in [3.8, 4) is 0 Å². The van der Waals surface area contributed by atoms with Gasteiger partial charge in [-0.2, -0.15) is 0 Å². The van der Waals surface area contributed by atoms with Gasteiger partial charge in [-0.1, -0.05) is 20.3 Å². The largest absolute Gasteiger partial charge is 0.384 e. The van der Waals surface area contributed by atoms with Crippen molar-refractivity contribution >= 4 is 5.71 Å². The topological polar surface area (TPSA) is 32.6 Å². The van der Waals surface area contributed by atoms with Crippen LogP contribution in [0.4, 0.5) is 0 Å². The number of aliphatic hydroxyl groups is 1. The van der Waals surface area contributed by atoms with Crippen LogP contribution in [0.5, 0.6) is 0 Å². The maximum atomic E-state index is 10.2. The standard InChI is InChI=1S/C11H23NO.Y/c1-6-8-11(13,7-2)10(5)12-9(3)4;/h9,13H,6-8H2,1-5H3;. The van der Waals surface area contributed by atoms with Crippen molar-refractivity contribution in [3.05, 3.63) is 0 Å². The van der Waals surface area contributed by atoms with Gasteiger partial charge in [-0.15, -0.1) is 0 Å². The van der Waals surface area contributed by atoms with Gasteiger partial charge in [0.15, 0.2) is 0 Å². The first-order chi connectivity index (χ1) is 5.96. The van der Waals surface area contributed by atoms with Crippen molar-refractivity contribution in [3.63, 3.8) is 0 Å². The zero-order valence-electron chi connectivity index (χ0n) is 10.2. The second-order valence-electron chi connectivity index (χ2n) is 3.94. The maximum Gasteiger partial charge on any atom is 0.102 e. The maximum absolute atomic E-state index is 10.2. The summed E-state index contributed by atoms with van der Waals surface area (Å²) in [5.41, 5.74) is 0.214.